The highest BCUT2D eigenvalue weighted by Gasteiger charge is 2.22. The van der Waals surface area contributed by atoms with Crippen LogP contribution in [-0.2, 0) is 29.2 Å². The maximum Gasteiger partial charge on any atom is 0.410 e. The molecule has 0 unspecified atom stereocenters. The zero-order valence-electron chi connectivity index (χ0n) is 14.9. The van der Waals surface area contributed by atoms with Gasteiger partial charge in [-0.2, -0.15) is 0 Å². The summed E-state index contributed by atoms with van der Waals surface area (Å²) in [5.41, 5.74) is 2.09. The smallest absolute Gasteiger partial charge is 0.410 e. The van der Waals surface area contributed by atoms with Crippen LogP contribution in [0.5, 0.6) is 0 Å². The zero-order chi connectivity index (χ0) is 19.4. The summed E-state index contributed by atoms with van der Waals surface area (Å²) in [6.07, 6.45) is 2.12. The van der Waals surface area contributed by atoms with Gasteiger partial charge in [-0.1, -0.05) is 23.2 Å². The standard InChI is InChI=1S/C19H20Cl2N2O4/c1-2-26-18(24)14-8-17-11-23(5-3-4-22(17)10-14)19(25)27-12-13-6-15(20)9-16(21)7-13/h6-10H,2-5,11-12H2,1H3. The molecule has 6 nitrogen and oxygen atoms in total. The van der Waals surface area contributed by atoms with Crippen molar-refractivity contribution in [1.29, 1.82) is 0 Å². The Morgan fingerprint density at radius 1 is 1.07 bits per heavy atom. The minimum Gasteiger partial charge on any atom is -0.462 e. The molecule has 0 saturated carbocycles. The fraction of sp³-hybridized carbons (Fsp3) is 0.368. The molecule has 8 heteroatoms. The first kappa shape index (κ1) is 19.6. The van der Waals surface area contributed by atoms with Crippen molar-refractivity contribution in [2.75, 3.05) is 13.2 Å². The lowest BCUT2D eigenvalue weighted by Gasteiger charge is -2.19. The molecule has 0 atom stereocenters. The second kappa shape index (κ2) is 8.67. The highest BCUT2D eigenvalue weighted by molar-refractivity contribution is 6.34. The summed E-state index contributed by atoms with van der Waals surface area (Å²) in [5, 5.41) is 0.986. The molecule has 2 heterocycles. The zero-order valence-corrected chi connectivity index (χ0v) is 16.4. The van der Waals surface area contributed by atoms with Gasteiger partial charge in [-0.3, -0.25) is 0 Å². The third kappa shape index (κ3) is 4.96. The Balaban J connectivity index is 1.65. The molecule has 0 saturated heterocycles. The summed E-state index contributed by atoms with van der Waals surface area (Å²) in [6, 6.07) is 6.80. The molecule has 3 rings (SSSR count). The van der Waals surface area contributed by atoms with Crippen LogP contribution in [0.3, 0.4) is 0 Å². The van der Waals surface area contributed by atoms with Gasteiger partial charge in [-0.05, 0) is 43.2 Å². The van der Waals surface area contributed by atoms with Gasteiger partial charge in [0.05, 0.1) is 18.7 Å². The SMILES string of the molecule is CCOC(=O)c1cc2n(c1)CCCN(C(=O)OCc1cc(Cl)cc(Cl)c1)C2. The molecule has 1 aliphatic heterocycles. The number of carbonyl (C=O) groups is 2. The molecule has 0 fully saturated rings. The lowest BCUT2D eigenvalue weighted by atomic mass is 10.2. The molecular formula is C19H20Cl2N2O4. The first-order valence-electron chi connectivity index (χ1n) is 8.69. The third-order valence-corrected chi connectivity index (χ3v) is 4.66. The fourth-order valence-electron chi connectivity index (χ4n) is 3.01. The van der Waals surface area contributed by atoms with E-state index in [0.29, 0.717) is 35.3 Å². The number of amides is 1. The maximum atomic E-state index is 12.5. The van der Waals surface area contributed by atoms with Gasteiger partial charge in [0.2, 0.25) is 0 Å². The third-order valence-electron chi connectivity index (χ3n) is 4.22. The van der Waals surface area contributed by atoms with E-state index < -0.39 is 6.09 Å². The van der Waals surface area contributed by atoms with E-state index >= 15 is 0 Å². The van der Waals surface area contributed by atoms with E-state index in [4.69, 9.17) is 32.7 Å². The molecule has 27 heavy (non-hydrogen) atoms. The van der Waals surface area contributed by atoms with Crippen molar-refractivity contribution >= 4 is 35.3 Å². The molecule has 144 valence electrons. The number of aromatic nitrogens is 1. The minimum atomic E-state index is -0.418. The number of nitrogens with zero attached hydrogens (tertiary/aromatic N) is 2. The van der Waals surface area contributed by atoms with Crippen LogP contribution >= 0.6 is 23.2 Å². The van der Waals surface area contributed by atoms with Gasteiger partial charge >= 0.3 is 12.1 Å². The summed E-state index contributed by atoms with van der Waals surface area (Å²) < 4.78 is 12.4. The van der Waals surface area contributed by atoms with Gasteiger partial charge in [0.1, 0.15) is 6.61 Å². The van der Waals surface area contributed by atoms with Gasteiger partial charge < -0.3 is 18.9 Å². The number of ether oxygens (including phenoxy) is 2. The van der Waals surface area contributed by atoms with Crippen molar-refractivity contribution in [3.05, 3.63) is 57.3 Å². The molecule has 1 aromatic heterocycles. The van der Waals surface area contributed by atoms with Crippen molar-refractivity contribution in [2.45, 2.75) is 33.0 Å². The summed E-state index contributed by atoms with van der Waals surface area (Å²) in [4.78, 5) is 26.0. The Kier molecular flexibility index (Phi) is 6.29. The van der Waals surface area contributed by atoms with E-state index in [-0.39, 0.29) is 12.6 Å². The fourth-order valence-corrected chi connectivity index (χ4v) is 3.59. The predicted molar refractivity (Wildman–Crippen MR) is 102 cm³/mol. The van der Waals surface area contributed by atoms with Crippen molar-refractivity contribution in [2.24, 2.45) is 0 Å². The van der Waals surface area contributed by atoms with Gasteiger partial charge in [0, 0.05) is 35.0 Å². The Morgan fingerprint density at radius 2 is 1.81 bits per heavy atom. The maximum absolute atomic E-state index is 12.5. The van der Waals surface area contributed by atoms with Crippen molar-refractivity contribution in [1.82, 2.24) is 9.47 Å². The molecular weight excluding hydrogens is 391 g/mol. The van der Waals surface area contributed by atoms with E-state index in [0.717, 1.165) is 24.2 Å². The molecule has 1 aromatic carbocycles. The number of aryl methyl sites for hydroxylation is 1. The first-order chi connectivity index (χ1) is 13.0. The van der Waals surface area contributed by atoms with Crippen LogP contribution in [0, 0.1) is 0 Å². The Labute approximate surface area is 167 Å². The van der Waals surface area contributed by atoms with E-state index in [2.05, 4.69) is 0 Å². The highest BCUT2D eigenvalue weighted by atomic mass is 35.5. The van der Waals surface area contributed by atoms with Crippen LogP contribution < -0.4 is 0 Å². The number of hydrogen-bond acceptors (Lipinski definition) is 4. The van der Waals surface area contributed by atoms with Crippen molar-refractivity contribution in [3.63, 3.8) is 0 Å². The van der Waals surface area contributed by atoms with Gasteiger partial charge in [-0.15, -0.1) is 0 Å². The number of esters is 1. The van der Waals surface area contributed by atoms with Gasteiger partial charge in [-0.25, -0.2) is 9.59 Å². The molecule has 1 aliphatic rings. The van der Waals surface area contributed by atoms with Crippen LogP contribution in [0.15, 0.2) is 30.5 Å². The first-order valence-corrected chi connectivity index (χ1v) is 9.44. The van der Waals surface area contributed by atoms with Crippen molar-refractivity contribution < 1.29 is 19.1 Å². The van der Waals surface area contributed by atoms with E-state index in [1.54, 1.807) is 42.3 Å². The number of hydrogen-bond donors (Lipinski definition) is 0. The number of halogens is 2. The lowest BCUT2D eigenvalue weighted by molar-refractivity contribution is 0.0526. The van der Waals surface area contributed by atoms with Crippen LogP contribution in [0.1, 0.15) is 35.0 Å². The molecule has 1 amide bonds. The lowest BCUT2D eigenvalue weighted by Crippen LogP contribution is -2.31. The largest absolute Gasteiger partial charge is 0.462 e. The van der Waals surface area contributed by atoms with Gasteiger partial charge in [0.15, 0.2) is 0 Å². The van der Waals surface area contributed by atoms with Crippen molar-refractivity contribution in [3.8, 4) is 0 Å². The second-order valence-electron chi connectivity index (χ2n) is 6.24. The molecule has 0 radical (unpaired) electrons. The number of benzene rings is 1. The van der Waals surface area contributed by atoms with E-state index in [1.807, 2.05) is 4.57 Å². The molecule has 0 spiro atoms. The molecule has 0 bridgehead atoms. The summed E-state index contributed by atoms with van der Waals surface area (Å²) >= 11 is 11.9. The van der Waals surface area contributed by atoms with E-state index in [1.165, 1.54) is 0 Å². The average Bonchev–Trinajstić information content (AvgIpc) is 2.91. The molecule has 0 N–H and O–H groups in total. The summed E-state index contributed by atoms with van der Waals surface area (Å²) in [7, 11) is 0. The van der Waals surface area contributed by atoms with E-state index in [9.17, 15) is 9.59 Å². The predicted octanol–water partition coefficient (Wildman–Crippen LogP) is 4.51. The quantitative estimate of drug-likeness (QED) is 0.695. The number of rotatable bonds is 4. The van der Waals surface area contributed by atoms with Crippen LogP contribution in [0.2, 0.25) is 10.0 Å². The minimum absolute atomic E-state index is 0.0880. The highest BCUT2D eigenvalue weighted by Crippen LogP contribution is 2.21. The topological polar surface area (TPSA) is 60.8 Å². The average molecular weight is 411 g/mol. The monoisotopic (exact) mass is 410 g/mol. The number of carbonyl (C=O) groups excluding carboxylic acids is 2. The van der Waals surface area contributed by atoms with Gasteiger partial charge in [0.25, 0.3) is 0 Å². The normalized spacial score (nSPS) is 13.7. The number of fused-ring (bicyclic) bond motifs is 1. The molecule has 2 aromatic rings. The van der Waals surface area contributed by atoms with Crippen LogP contribution in [0.25, 0.3) is 0 Å². The van der Waals surface area contributed by atoms with Crippen LogP contribution in [-0.4, -0.2) is 34.7 Å². The Hall–Kier alpha value is -2.18. The summed E-state index contributed by atoms with van der Waals surface area (Å²) in [5.74, 6) is -0.356. The Morgan fingerprint density at radius 3 is 2.52 bits per heavy atom. The molecule has 0 aliphatic carbocycles. The summed E-state index contributed by atoms with van der Waals surface area (Å²) in [6.45, 7) is 3.85. The second-order valence-corrected chi connectivity index (χ2v) is 7.11. The van der Waals surface area contributed by atoms with Crippen LogP contribution in [0.4, 0.5) is 4.79 Å². The Bertz CT molecular complexity index is 830.